The van der Waals surface area contributed by atoms with Gasteiger partial charge in [0.1, 0.15) is 10.6 Å². The van der Waals surface area contributed by atoms with Crippen molar-refractivity contribution in [1.82, 2.24) is 24.8 Å². The lowest BCUT2D eigenvalue weighted by molar-refractivity contribution is 0.0792. The highest BCUT2D eigenvalue weighted by Crippen LogP contribution is 2.25. The second-order valence-corrected chi connectivity index (χ2v) is 7.33. The van der Waals surface area contributed by atoms with Crippen LogP contribution in [0.3, 0.4) is 0 Å². The Labute approximate surface area is 160 Å². The second kappa shape index (κ2) is 7.71. The van der Waals surface area contributed by atoms with E-state index in [-0.39, 0.29) is 17.7 Å². The lowest BCUT2D eigenvalue weighted by atomic mass is 10.1. The van der Waals surface area contributed by atoms with Gasteiger partial charge in [-0.15, -0.1) is 0 Å². The Morgan fingerprint density at radius 3 is 2.89 bits per heavy atom. The van der Waals surface area contributed by atoms with Crippen molar-refractivity contribution in [3.8, 4) is 11.3 Å². The number of nitrogens with one attached hydrogen (secondary N) is 2. The van der Waals surface area contributed by atoms with Crippen molar-refractivity contribution < 1.29 is 9.59 Å². The van der Waals surface area contributed by atoms with Crippen LogP contribution in [-0.4, -0.2) is 50.9 Å². The van der Waals surface area contributed by atoms with Crippen LogP contribution in [0.15, 0.2) is 48.7 Å². The summed E-state index contributed by atoms with van der Waals surface area (Å²) in [4.78, 5) is 27.2. The Hall–Kier alpha value is -3.00. The van der Waals surface area contributed by atoms with Crippen molar-refractivity contribution in [2.24, 2.45) is 5.92 Å². The molecule has 1 unspecified atom stereocenters. The zero-order chi connectivity index (χ0) is 18.6. The highest BCUT2D eigenvalue weighted by atomic mass is 32.1. The number of hydrogen-bond donors (Lipinski definition) is 2. The fraction of sp³-hybridized carbons (Fsp3) is 0.263. The van der Waals surface area contributed by atoms with E-state index in [0.29, 0.717) is 30.2 Å². The zero-order valence-electron chi connectivity index (χ0n) is 14.6. The Kier molecular flexibility index (Phi) is 4.97. The molecule has 27 heavy (non-hydrogen) atoms. The molecule has 0 aliphatic carbocycles. The number of H-pyrrole nitrogens is 1. The number of carbonyl (C=O) groups excluding carboxylic acids is 2. The van der Waals surface area contributed by atoms with E-state index in [0.717, 1.165) is 17.7 Å². The molecular weight excluding hydrogens is 362 g/mol. The lowest BCUT2D eigenvalue weighted by Crippen LogP contribution is -2.33. The summed E-state index contributed by atoms with van der Waals surface area (Å²) < 4.78 is 4.41. The lowest BCUT2D eigenvalue weighted by Gasteiger charge is -2.15. The van der Waals surface area contributed by atoms with Gasteiger partial charge in [0.05, 0.1) is 5.69 Å². The molecule has 2 amide bonds. The molecule has 0 radical (unpaired) electrons. The zero-order valence-corrected chi connectivity index (χ0v) is 15.4. The van der Waals surface area contributed by atoms with Crippen LogP contribution in [0.4, 0.5) is 0 Å². The number of benzene rings is 1. The molecule has 2 N–H and O–H groups in total. The minimum atomic E-state index is -0.174. The molecule has 0 spiro atoms. The molecule has 3 aromatic rings. The van der Waals surface area contributed by atoms with Gasteiger partial charge in [-0.05, 0) is 36.0 Å². The number of amides is 2. The maximum Gasteiger partial charge on any atom is 0.269 e. The van der Waals surface area contributed by atoms with Gasteiger partial charge in [-0.2, -0.15) is 9.47 Å². The monoisotopic (exact) mass is 381 g/mol. The summed E-state index contributed by atoms with van der Waals surface area (Å²) in [7, 11) is 0. The normalized spacial score (nSPS) is 16.4. The summed E-state index contributed by atoms with van der Waals surface area (Å²) in [6.45, 7) is 1.88. The van der Waals surface area contributed by atoms with Crippen molar-refractivity contribution >= 4 is 23.3 Å². The molecule has 1 aliphatic heterocycles. The SMILES string of the molecule is O=C(NCC1CCN(C(=O)c2cc(-c3ccccc3)ns2)C1)c1ccn[nH]1. The number of nitrogens with zero attached hydrogens (tertiary/aromatic N) is 3. The van der Waals surface area contributed by atoms with Gasteiger partial charge in [-0.3, -0.25) is 14.7 Å². The summed E-state index contributed by atoms with van der Waals surface area (Å²) in [6.07, 6.45) is 2.42. The highest BCUT2D eigenvalue weighted by molar-refractivity contribution is 7.08. The molecular formula is C19H19N5O2S. The minimum Gasteiger partial charge on any atom is -0.350 e. The number of aromatic nitrogens is 3. The van der Waals surface area contributed by atoms with E-state index < -0.39 is 0 Å². The first kappa shape index (κ1) is 17.4. The topological polar surface area (TPSA) is 91.0 Å². The average Bonchev–Trinajstić information content (AvgIpc) is 3.48. The molecule has 1 aromatic carbocycles. The summed E-state index contributed by atoms with van der Waals surface area (Å²) >= 11 is 1.24. The maximum absolute atomic E-state index is 12.8. The van der Waals surface area contributed by atoms with Gasteiger partial charge in [0.25, 0.3) is 11.8 Å². The number of aromatic amines is 1. The molecule has 1 saturated heterocycles. The van der Waals surface area contributed by atoms with E-state index in [2.05, 4.69) is 19.9 Å². The highest BCUT2D eigenvalue weighted by Gasteiger charge is 2.28. The molecule has 0 bridgehead atoms. The number of rotatable bonds is 5. The van der Waals surface area contributed by atoms with E-state index in [4.69, 9.17) is 0 Å². The Morgan fingerprint density at radius 1 is 1.26 bits per heavy atom. The van der Waals surface area contributed by atoms with Crippen LogP contribution in [0.5, 0.6) is 0 Å². The standard InChI is InChI=1S/C19H19N5O2S/c25-18(15-6-8-21-22-15)20-11-13-7-9-24(12-13)19(26)17-10-16(23-27-17)14-4-2-1-3-5-14/h1-6,8,10,13H,7,9,11-12H2,(H,20,25)(H,21,22). The maximum atomic E-state index is 12.8. The van der Waals surface area contributed by atoms with Crippen LogP contribution in [-0.2, 0) is 0 Å². The van der Waals surface area contributed by atoms with E-state index in [1.54, 1.807) is 12.3 Å². The van der Waals surface area contributed by atoms with Gasteiger partial charge in [0, 0.05) is 31.4 Å². The van der Waals surface area contributed by atoms with E-state index in [1.807, 2.05) is 41.3 Å². The minimum absolute atomic E-state index is 0.0112. The molecule has 8 heteroatoms. The Bertz CT molecular complexity index is 923. The van der Waals surface area contributed by atoms with Gasteiger partial charge < -0.3 is 10.2 Å². The molecule has 3 heterocycles. The van der Waals surface area contributed by atoms with Crippen molar-refractivity contribution in [2.45, 2.75) is 6.42 Å². The molecule has 2 aromatic heterocycles. The van der Waals surface area contributed by atoms with Crippen LogP contribution < -0.4 is 5.32 Å². The molecule has 1 atom stereocenters. The Morgan fingerprint density at radius 2 is 2.11 bits per heavy atom. The van der Waals surface area contributed by atoms with Crippen LogP contribution in [0.1, 0.15) is 26.6 Å². The van der Waals surface area contributed by atoms with Crippen LogP contribution in [0, 0.1) is 5.92 Å². The first-order valence-electron chi connectivity index (χ1n) is 8.79. The summed E-state index contributed by atoms with van der Waals surface area (Å²) in [6, 6.07) is 13.3. The van der Waals surface area contributed by atoms with E-state index >= 15 is 0 Å². The molecule has 0 saturated carbocycles. The van der Waals surface area contributed by atoms with Gasteiger partial charge >= 0.3 is 0 Å². The third-order valence-electron chi connectivity index (χ3n) is 4.66. The van der Waals surface area contributed by atoms with Gasteiger partial charge in [-0.1, -0.05) is 30.3 Å². The van der Waals surface area contributed by atoms with Gasteiger partial charge in [0.15, 0.2) is 0 Å². The quantitative estimate of drug-likeness (QED) is 0.710. The predicted molar refractivity (Wildman–Crippen MR) is 102 cm³/mol. The van der Waals surface area contributed by atoms with Crippen molar-refractivity contribution in [3.63, 3.8) is 0 Å². The van der Waals surface area contributed by atoms with Crippen molar-refractivity contribution in [2.75, 3.05) is 19.6 Å². The fourth-order valence-electron chi connectivity index (χ4n) is 3.18. The van der Waals surface area contributed by atoms with E-state index in [1.165, 1.54) is 11.5 Å². The van der Waals surface area contributed by atoms with Gasteiger partial charge in [-0.25, -0.2) is 0 Å². The largest absolute Gasteiger partial charge is 0.350 e. The van der Waals surface area contributed by atoms with E-state index in [9.17, 15) is 9.59 Å². The fourth-order valence-corrected chi connectivity index (χ4v) is 3.90. The smallest absolute Gasteiger partial charge is 0.269 e. The number of likely N-dealkylation sites (tertiary alicyclic amines) is 1. The summed E-state index contributed by atoms with van der Waals surface area (Å²) in [5.74, 6) is 0.0895. The number of hydrogen-bond acceptors (Lipinski definition) is 5. The molecule has 138 valence electrons. The third-order valence-corrected chi connectivity index (χ3v) is 5.44. The van der Waals surface area contributed by atoms with Crippen LogP contribution >= 0.6 is 11.5 Å². The second-order valence-electron chi connectivity index (χ2n) is 6.53. The number of carbonyl (C=O) groups is 2. The first-order valence-corrected chi connectivity index (χ1v) is 9.57. The van der Waals surface area contributed by atoms with Crippen molar-refractivity contribution in [3.05, 3.63) is 59.2 Å². The van der Waals surface area contributed by atoms with Crippen LogP contribution in [0.25, 0.3) is 11.3 Å². The third kappa shape index (κ3) is 3.90. The van der Waals surface area contributed by atoms with Crippen molar-refractivity contribution in [1.29, 1.82) is 0 Å². The molecule has 4 rings (SSSR count). The molecule has 7 nitrogen and oxygen atoms in total. The van der Waals surface area contributed by atoms with Gasteiger partial charge in [0.2, 0.25) is 0 Å². The average molecular weight is 381 g/mol. The summed E-state index contributed by atoms with van der Waals surface area (Å²) in [5.41, 5.74) is 2.28. The molecule has 1 fully saturated rings. The first-order chi connectivity index (χ1) is 13.2. The van der Waals surface area contributed by atoms with Crippen LogP contribution in [0.2, 0.25) is 0 Å². The molecule has 1 aliphatic rings. The summed E-state index contributed by atoms with van der Waals surface area (Å²) in [5, 5.41) is 9.31. The Balaban J connectivity index is 1.33. The predicted octanol–water partition coefficient (Wildman–Crippen LogP) is 2.43.